The second-order valence-corrected chi connectivity index (χ2v) is 11.4. The topological polar surface area (TPSA) is 116 Å². The number of nitrogens with zero attached hydrogens (tertiary/aromatic N) is 5. The highest BCUT2D eigenvalue weighted by Crippen LogP contribution is 2.31. The number of oxazole rings is 1. The van der Waals surface area contributed by atoms with Crippen LogP contribution in [0.25, 0.3) is 29.3 Å². The van der Waals surface area contributed by atoms with E-state index in [9.17, 15) is 4.79 Å². The Labute approximate surface area is 290 Å². The minimum absolute atomic E-state index is 0.187. The van der Waals surface area contributed by atoms with Crippen molar-refractivity contribution < 1.29 is 28.2 Å². The average Bonchev–Trinajstić information content (AvgIpc) is 3.88. The molecule has 256 valence electrons. The van der Waals surface area contributed by atoms with E-state index < -0.39 is 0 Å². The van der Waals surface area contributed by atoms with Crippen LogP contribution in [0.5, 0.6) is 17.4 Å². The largest absolute Gasteiger partial charge is 0.493 e. The summed E-state index contributed by atoms with van der Waals surface area (Å²) in [5.41, 5.74) is 5.96. The number of para-hydroxylation sites is 1. The number of hydrogen-bond donors (Lipinski definition) is 0. The fourth-order valence-corrected chi connectivity index (χ4v) is 5.18. The molecule has 0 aliphatic rings. The fraction of sp³-hybridized carbons (Fsp3) is 0.231. The van der Waals surface area contributed by atoms with E-state index in [1.165, 1.54) is 0 Å². The van der Waals surface area contributed by atoms with Crippen LogP contribution >= 0.6 is 0 Å². The molecule has 0 bridgehead atoms. The number of aromatic nitrogens is 5. The molecule has 6 rings (SSSR count). The quantitative estimate of drug-likeness (QED) is 0.102. The average molecular weight is 674 g/mol. The van der Waals surface area contributed by atoms with Crippen molar-refractivity contribution in [1.82, 2.24) is 24.5 Å². The maximum Gasteiger partial charge on any atom is 0.310 e. The van der Waals surface area contributed by atoms with Gasteiger partial charge in [0.15, 0.2) is 11.5 Å². The molecule has 0 aliphatic carbocycles. The van der Waals surface area contributed by atoms with Gasteiger partial charge in [-0.2, -0.15) is 5.10 Å². The second kappa shape index (κ2) is 15.9. The molecule has 0 radical (unpaired) electrons. The van der Waals surface area contributed by atoms with Crippen LogP contribution in [-0.2, 0) is 35.7 Å². The first-order chi connectivity index (χ1) is 24.4. The van der Waals surface area contributed by atoms with Crippen molar-refractivity contribution in [3.05, 3.63) is 125 Å². The van der Waals surface area contributed by atoms with Gasteiger partial charge in [-0.15, -0.1) is 5.10 Å². The standard InChI is InChI=1S/C39H39N5O6/c1-5-43-23-30(22-40-43)14-18-32-24-44(33-10-8-7-9-11-33)42-39(32)49-25-29-15-19-35(36(20-29)46-4)48-26-34-27(3)50-38(41-34)31-16-12-28(13-17-31)21-37(45)47-6-2/h7-20,22-24H,5-6,21,25-26H2,1-4H3. The molecule has 0 saturated carbocycles. The maximum atomic E-state index is 11.8. The van der Waals surface area contributed by atoms with E-state index in [-0.39, 0.29) is 25.6 Å². The monoisotopic (exact) mass is 673 g/mol. The first-order valence-electron chi connectivity index (χ1n) is 16.4. The predicted molar refractivity (Wildman–Crippen MR) is 189 cm³/mol. The van der Waals surface area contributed by atoms with E-state index >= 15 is 0 Å². The number of ether oxygens (including phenoxy) is 4. The van der Waals surface area contributed by atoms with Gasteiger partial charge in [0, 0.05) is 30.1 Å². The summed E-state index contributed by atoms with van der Waals surface area (Å²) >= 11 is 0. The van der Waals surface area contributed by atoms with Crippen LogP contribution in [0.15, 0.2) is 95.8 Å². The molecule has 50 heavy (non-hydrogen) atoms. The SMILES string of the molecule is CCOC(=O)Cc1ccc(-c2nc(COc3ccc(COc4nn(-c5ccccc5)cc4C=Cc4cnn(CC)c4)cc3OC)c(C)o2)cc1. The Hall–Kier alpha value is -6.10. The van der Waals surface area contributed by atoms with Crippen LogP contribution in [-0.4, -0.2) is 44.2 Å². The van der Waals surface area contributed by atoms with E-state index in [0.29, 0.717) is 41.3 Å². The molecule has 0 spiro atoms. The van der Waals surface area contributed by atoms with Gasteiger partial charge in [0.1, 0.15) is 24.7 Å². The lowest BCUT2D eigenvalue weighted by Crippen LogP contribution is -2.07. The van der Waals surface area contributed by atoms with Gasteiger partial charge < -0.3 is 23.4 Å². The Morgan fingerprint density at radius 1 is 0.900 bits per heavy atom. The number of carbonyl (C=O) groups excluding carboxylic acids is 1. The third-order valence-corrected chi connectivity index (χ3v) is 7.88. The van der Waals surface area contributed by atoms with Crippen LogP contribution in [0, 0.1) is 6.92 Å². The summed E-state index contributed by atoms with van der Waals surface area (Å²) in [6.45, 7) is 7.31. The van der Waals surface area contributed by atoms with Crippen LogP contribution < -0.4 is 14.2 Å². The third-order valence-electron chi connectivity index (χ3n) is 7.88. The Morgan fingerprint density at radius 2 is 1.70 bits per heavy atom. The van der Waals surface area contributed by atoms with Crippen molar-refractivity contribution in [3.63, 3.8) is 0 Å². The van der Waals surface area contributed by atoms with Gasteiger partial charge in [-0.3, -0.25) is 9.48 Å². The van der Waals surface area contributed by atoms with Gasteiger partial charge in [-0.05, 0) is 74.4 Å². The molecule has 11 heteroatoms. The van der Waals surface area contributed by atoms with Crippen LogP contribution in [0.3, 0.4) is 0 Å². The molecule has 0 aliphatic heterocycles. The lowest BCUT2D eigenvalue weighted by molar-refractivity contribution is -0.142. The van der Waals surface area contributed by atoms with Crippen molar-refractivity contribution in [2.24, 2.45) is 0 Å². The lowest BCUT2D eigenvalue weighted by atomic mass is 10.1. The summed E-state index contributed by atoms with van der Waals surface area (Å²) in [6.07, 6.45) is 9.96. The Morgan fingerprint density at radius 3 is 2.44 bits per heavy atom. The highest BCUT2D eigenvalue weighted by molar-refractivity contribution is 5.73. The predicted octanol–water partition coefficient (Wildman–Crippen LogP) is 7.49. The molecule has 3 heterocycles. The number of aryl methyl sites for hydroxylation is 2. The normalized spacial score (nSPS) is 11.2. The zero-order chi connectivity index (χ0) is 34.9. The summed E-state index contributed by atoms with van der Waals surface area (Å²) in [4.78, 5) is 16.5. The van der Waals surface area contributed by atoms with Gasteiger partial charge >= 0.3 is 5.97 Å². The Balaban J connectivity index is 1.12. The molecular formula is C39H39N5O6. The third kappa shape index (κ3) is 8.30. The lowest BCUT2D eigenvalue weighted by Gasteiger charge is -2.12. The number of rotatable bonds is 15. The van der Waals surface area contributed by atoms with Crippen LogP contribution in [0.1, 0.15) is 47.6 Å². The van der Waals surface area contributed by atoms with Crippen LogP contribution in [0.4, 0.5) is 0 Å². The maximum absolute atomic E-state index is 11.8. The number of methoxy groups -OCH3 is 1. The van der Waals surface area contributed by atoms with Crippen molar-refractivity contribution in [2.75, 3.05) is 13.7 Å². The van der Waals surface area contributed by atoms with Crippen molar-refractivity contribution in [3.8, 4) is 34.5 Å². The van der Waals surface area contributed by atoms with E-state index in [1.807, 2.05) is 115 Å². The minimum Gasteiger partial charge on any atom is -0.493 e. The summed E-state index contributed by atoms with van der Waals surface area (Å²) in [6, 6.07) is 23.1. The van der Waals surface area contributed by atoms with E-state index in [0.717, 1.165) is 40.0 Å². The summed E-state index contributed by atoms with van der Waals surface area (Å²) in [5.74, 6) is 2.49. The van der Waals surface area contributed by atoms with Gasteiger partial charge in [0.25, 0.3) is 0 Å². The number of carbonyl (C=O) groups is 1. The first-order valence-corrected chi connectivity index (χ1v) is 16.4. The van der Waals surface area contributed by atoms with Gasteiger partial charge in [-0.25, -0.2) is 9.67 Å². The highest BCUT2D eigenvalue weighted by atomic mass is 16.5. The molecule has 0 amide bonds. The van der Waals surface area contributed by atoms with Crippen LogP contribution in [0.2, 0.25) is 0 Å². The Kier molecular flexibility index (Phi) is 10.7. The molecule has 3 aromatic heterocycles. The highest BCUT2D eigenvalue weighted by Gasteiger charge is 2.16. The summed E-state index contributed by atoms with van der Waals surface area (Å²) in [7, 11) is 1.60. The smallest absolute Gasteiger partial charge is 0.310 e. The minimum atomic E-state index is -0.257. The molecule has 0 fully saturated rings. The molecule has 11 nitrogen and oxygen atoms in total. The van der Waals surface area contributed by atoms with E-state index in [1.54, 1.807) is 18.7 Å². The zero-order valence-corrected chi connectivity index (χ0v) is 28.5. The zero-order valence-electron chi connectivity index (χ0n) is 28.5. The van der Waals surface area contributed by atoms with E-state index in [2.05, 4.69) is 17.0 Å². The van der Waals surface area contributed by atoms with Gasteiger partial charge in [0.05, 0.1) is 37.6 Å². The number of esters is 1. The summed E-state index contributed by atoms with van der Waals surface area (Å²) < 4.78 is 32.7. The number of benzene rings is 3. The van der Waals surface area contributed by atoms with Gasteiger partial charge in [0.2, 0.25) is 11.8 Å². The molecule has 0 N–H and O–H groups in total. The molecule has 0 atom stereocenters. The first kappa shape index (κ1) is 33.8. The second-order valence-electron chi connectivity index (χ2n) is 11.4. The molecule has 0 unspecified atom stereocenters. The van der Waals surface area contributed by atoms with Gasteiger partial charge in [-0.1, -0.05) is 42.5 Å². The van der Waals surface area contributed by atoms with E-state index in [4.69, 9.17) is 28.5 Å². The molecule has 0 saturated heterocycles. The summed E-state index contributed by atoms with van der Waals surface area (Å²) in [5, 5.41) is 9.09. The van der Waals surface area contributed by atoms with Crippen molar-refractivity contribution in [1.29, 1.82) is 0 Å². The molecule has 3 aromatic carbocycles. The fourth-order valence-electron chi connectivity index (χ4n) is 5.18. The Bertz CT molecular complexity index is 2060. The number of hydrogen-bond acceptors (Lipinski definition) is 9. The molecular weight excluding hydrogens is 634 g/mol. The van der Waals surface area contributed by atoms with Crippen molar-refractivity contribution >= 4 is 18.1 Å². The molecule has 6 aromatic rings. The van der Waals surface area contributed by atoms with Crippen molar-refractivity contribution in [2.45, 2.75) is 47.0 Å².